The number of amides is 1. The number of aromatic nitrogens is 1. The number of para-hydroxylation sites is 1. The molecule has 3 aromatic rings. The fourth-order valence-corrected chi connectivity index (χ4v) is 3.74. The van der Waals surface area contributed by atoms with Gasteiger partial charge in [0.1, 0.15) is 5.82 Å². The third-order valence-electron chi connectivity index (χ3n) is 4.06. The van der Waals surface area contributed by atoms with Crippen LogP contribution in [0.15, 0.2) is 42.5 Å². The van der Waals surface area contributed by atoms with E-state index in [9.17, 15) is 18.8 Å². The molecule has 0 fully saturated rings. The summed E-state index contributed by atoms with van der Waals surface area (Å²) in [6, 6.07) is 11.5. The predicted molar refractivity (Wildman–Crippen MR) is 109 cm³/mol. The monoisotopic (exact) mass is 414 g/mol. The number of hydrogen-bond donors (Lipinski definition) is 1. The van der Waals surface area contributed by atoms with Crippen molar-refractivity contribution in [2.75, 3.05) is 11.9 Å². The van der Waals surface area contributed by atoms with Crippen LogP contribution in [-0.2, 0) is 20.7 Å². The number of esters is 1. The number of fused-ring (bicyclic) bond motifs is 1. The number of aryl methyl sites for hydroxylation is 1. The first kappa shape index (κ1) is 20.6. The van der Waals surface area contributed by atoms with Crippen LogP contribution < -0.4 is 5.32 Å². The molecular weight excluding hydrogens is 395 g/mol. The van der Waals surface area contributed by atoms with Crippen molar-refractivity contribution in [2.24, 2.45) is 0 Å². The van der Waals surface area contributed by atoms with E-state index in [0.29, 0.717) is 12.8 Å². The number of halogens is 1. The number of benzene rings is 2. The third-order valence-corrected chi connectivity index (χ3v) is 5.16. The highest BCUT2D eigenvalue weighted by Gasteiger charge is 2.15. The Morgan fingerprint density at radius 2 is 1.97 bits per heavy atom. The molecule has 0 spiro atoms. The first-order chi connectivity index (χ1) is 13.9. The summed E-state index contributed by atoms with van der Waals surface area (Å²) < 4.78 is 20.1. The van der Waals surface area contributed by atoms with Crippen molar-refractivity contribution in [3.05, 3.63) is 58.9 Å². The minimum Gasteiger partial charge on any atom is -0.457 e. The SMILES string of the molecule is CC(=O)Nc1ccc(C(=O)COC(=O)CCCc2nc3ccccc3s2)c(F)c1. The number of Topliss-reactive ketones (excluding diaryl/α,β-unsaturated/α-hetero) is 1. The van der Waals surface area contributed by atoms with E-state index in [1.807, 2.05) is 24.3 Å². The molecule has 0 bridgehead atoms. The minimum absolute atomic E-state index is 0.146. The first-order valence-corrected chi connectivity index (χ1v) is 9.84. The Bertz CT molecular complexity index is 1030. The van der Waals surface area contributed by atoms with Crippen LogP contribution in [0.3, 0.4) is 0 Å². The topological polar surface area (TPSA) is 85.4 Å². The number of nitrogens with one attached hydrogen (secondary N) is 1. The Balaban J connectivity index is 1.45. The number of thiazole rings is 1. The van der Waals surface area contributed by atoms with Crippen LogP contribution in [0.5, 0.6) is 0 Å². The highest BCUT2D eigenvalue weighted by atomic mass is 32.1. The molecule has 6 nitrogen and oxygen atoms in total. The van der Waals surface area contributed by atoms with Crippen molar-refractivity contribution in [2.45, 2.75) is 26.2 Å². The van der Waals surface area contributed by atoms with Crippen LogP contribution in [0.25, 0.3) is 10.2 Å². The molecule has 150 valence electrons. The molecule has 2 aromatic carbocycles. The standard InChI is InChI=1S/C21H19FN2O4S/c1-13(25)23-14-9-10-15(16(22)11-14)18(26)12-28-21(27)8-4-7-20-24-17-5-2-3-6-19(17)29-20/h2-3,5-6,9-11H,4,7-8,12H2,1H3,(H,23,25). The summed E-state index contributed by atoms with van der Waals surface area (Å²) in [6.45, 7) is 0.767. The van der Waals surface area contributed by atoms with E-state index < -0.39 is 24.2 Å². The molecule has 0 atom stereocenters. The molecule has 0 saturated heterocycles. The third kappa shape index (κ3) is 5.68. The number of nitrogens with zero attached hydrogens (tertiary/aromatic N) is 1. The second-order valence-corrected chi connectivity index (χ2v) is 7.50. The number of ketones is 1. The Kier molecular flexibility index (Phi) is 6.66. The number of rotatable bonds is 8. The maximum absolute atomic E-state index is 14.0. The van der Waals surface area contributed by atoms with Crippen LogP contribution in [-0.4, -0.2) is 29.3 Å². The van der Waals surface area contributed by atoms with Gasteiger partial charge in [0.05, 0.1) is 20.8 Å². The van der Waals surface area contributed by atoms with Crippen LogP contribution in [0, 0.1) is 5.82 Å². The molecule has 0 radical (unpaired) electrons. The van der Waals surface area contributed by atoms with Crippen molar-refractivity contribution < 1.29 is 23.5 Å². The number of anilines is 1. The molecule has 1 aromatic heterocycles. The number of hydrogen-bond acceptors (Lipinski definition) is 6. The predicted octanol–water partition coefficient (Wildman–Crippen LogP) is 4.14. The minimum atomic E-state index is -0.784. The van der Waals surface area contributed by atoms with E-state index >= 15 is 0 Å². The van der Waals surface area contributed by atoms with E-state index in [2.05, 4.69) is 10.3 Å². The fourth-order valence-electron chi connectivity index (χ4n) is 2.73. The Morgan fingerprint density at radius 1 is 1.17 bits per heavy atom. The number of carbonyl (C=O) groups is 3. The second kappa shape index (κ2) is 9.38. The van der Waals surface area contributed by atoms with Gasteiger partial charge in [0, 0.05) is 19.0 Å². The van der Waals surface area contributed by atoms with E-state index in [-0.39, 0.29) is 23.6 Å². The highest BCUT2D eigenvalue weighted by Crippen LogP contribution is 2.22. The summed E-state index contributed by atoms with van der Waals surface area (Å²) in [4.78, 5) is 39.4. The lowest BCUT2D eigenvalue weighted by molar-refractivity contribution is -0.142. The Labute approximate surface area is 170 Å². The average molecular weight is 414 g/mol. The average Bonchev–Trinajstić information content (AvgIpc) is 3.08. The molecule has 0 aliphatic heterocycles. The van der Waals surface area contributed by atoms with Gasteiger partial charge in [-0.25, -0.2) is 9.37 Å². The van der Waals surface area contributed by atoms with Crippen molar-refractivity contribution in [1.82, 2.24) is 4.98 Å². The van der Waals surface area contributed by atoms with E-state index in [1.165, 1.54) is 19.1 Å². The Morgan fingerprint density at radius 3 is 2.69 bits per heavy atom. The molecule has 1 amide bonds. The molecule has 0 unspecified atom stereocenters. The largest absolute Gasteiger partial charge is 0.457 e. The molecule has 29 heavy (non-hydrogen) atoms. The quantitative estimate of drug-likeness (QED) is 0.442. The number of ether oxygens (including phenoxy) is 1. The number of carbonyl (C=O) groups excluding carboxylic acids is 3. The van der Waals surface area contributed by atoms with Gasteiger partial charge < -0.3 is 10.1 Å². The molecule has 0 aliphatic rings. The van der Waals surface area contributed by atoms with Crippen molar-refractivity contribution in [1.29, 1.82) is 0 Å². The summed E-state index contributed by atoms with van der Waals surface area (Å²) in [6.07, 6.45) is 1.33. The van der Waals surface area contributed by atoms with Gasteiger partial charge in [0.2, 0.25) is 11.7 Å². The fraction of sp³-hybridized carbons (Fsp3) is 0.238. The Hall–Kier alpha value is -3.13. The zero-order valence-electron chi connectivity index (χ0n) is 15.7. The molecular formula is C21H19FN2O4S. The maximum Gasteiger partial charge on any atom is 0.306 e. The van der Waals surface area contributed by atoms with E-state index in [0.717, 1.165) is 21.3 Å². The summed E-state index contributed by atoms with van der Waals surface area (Å²) in [5, 5.41) is 3.37. The lowest BCUT2D eigenvalue weighted by Gasteiger charge is -2.07. The normalized spacial score (nSPS) is 10.7. The van der Waals surface area contributed by atoms with E-state index in [4.69, 9.17) is 4.74 Å². The summed E-state index contributed by atoms with van der Waals surface area (Å²) in [7, 11) is 0. The van der Waals surface area contributed by atoms with Gasteiger partial charge >= 0.3 is 5.97 Å². The van der Waals surface area contributed by atoms with Gasteiger partial charge in [-0.2, -0.15) is 0 Å². The summed E-state index contributed by atoms with van der Waals surface area (Å²) in [5.74, 6) is -2.29. The summed E-state index contributed by atoms with van der Waals surface area (Å²) >= 11 is 1.59. The van der Waals surface area contributed by atoms with Crippen molar-refractivity contribution in [3.8, 4) is 0 Å². The molecule has 0 aliphatic carbocycles. The van der Waals surface area contributed by atoms with Crippen LogP contribution >= 0.6 is 11.3 Å². The van der Waals surface area contributed by atoms with Crippen molar-refractivity contribution >= 4 is 44.9 Å². The summed E-state index contributed by atoms with van der Waals surface area (Å²) in [5.41, 5.74) is 0.993. The zero-order chi connectivity index (χ0) is 20.8. The van der Waals surface area contributed by atoms with Gasteiger partial charge in [0.25, 0.3) is 0 Å². The van der Waals surface area contributed by atoms with Gasteiger partial charge in [-0.15, -0.1) is 11.3 Å². The molecule has 3 rings (SSSR count). The first-order valence-electron chi connectivity index (χ1n) is 9.03. The van der Waals surface area contributed by atoms with E-state index in [1.54, 1.807) is 11.3 Å². The van der Waals surface area contributed by atoms with Crippen LogP contribution in [0.1, 0.15) is 35.1 Å². The van der Waals surface area contributed by atoms with Gasteiger partial charge in [0.15, 0.2) is 6.61 Å². The lowest BCUT2D eigenvalue weighted by Crippen LogP contribution is -2.15. The van der Waals surface area contributed by atoms with Gasteiger partial charge in [-0.1, -0.05) is 12.1 Å². The van der Waals surface area contributed by atoms with Gasteiger partial charge in [-0.05, 0) is 43.2 Å². The molecule has 1 N–H and O–H groups in total. The smallest absolute Gasteiger partial charge is 0.306 e. The highest BCUT2D eigenvalue weighted by molar-refractivity contribution is 7.18. The molecule has 8 heteroatoms. The van der Waals surface area contributed by atoms with Crippen LogP contribution in [0.4, 0.5) is 10.1 Å². The molecule has 1 heterocycles. The molecule has 0 saturated carbocycles. The van der Waals surface area contributed by atoms with Gasteiger partial charge in [-0.3, -0.25) is 14.4 Å². The second-order valence-electron chi connectivity index (χ2n) is 6.39. The van der Waals surface area contributed by atoms with Crippen LogP contribution in [0.2, 0.25) is 0 Å². The van der Waals surface area contributed by atoms with Crippen molar-refractivity contribution in [3.63, 3.8) is 0 Å². The zero-order valence-corrected chi connectivity index (χ0v) is 16.6. The lowest BCUT2D eigenvalue weighted by atomic mass is 10.1. The maximum atomic E-state index is 14.0.